The normalized spacial score (nSPS) is 11.9. The van der Waals surface area contributed by atoms with Crippen LogP contribution < -0.4 is 5.32 Å². The van der Waals surface area contributed by atoms with Gasteiger partial charge in [-0.15, -0.1) is 0 Å². The maximum atomic E-state index is 12.9. The van der Waals surface area contributed by atoms with E-state index in [1.54, 1.807) is 36.2 Å². The van der Waals surface area contributed by atoms with Crippen LogP contribution in [0.5, 0.6) is 0 Å². The summed E-state index contributed by atoms with van der Waals surface area (Å²) in [6.45, 7) is 6.34. The van der Waals surface area contributed by atoms with E-state index in [0.29, 0.717) is 17.1 Å². The number of nitrogens with zero attached hydrogens (tertiary/aromatic N) is 1. The molecule has 0 saturated heterocycles. The zero-order valence-electron chi connectivity index (χ0n) is 15.6. The van der Waals surface area contributed by atoms with E-state index in [0.717, 1.165) is 5.56 Å². The molecule has 4 nitrogen and oxygen atoms in total. The van der Waals surface area contributed by atoms with Crippen molar-refractivity contribution in [3.05, 3.63) is 70.2 Å². The monoisotopic (exact) mass is 372 g/mol. The molecule has 26 heavy (non-hydrogen) atoms. The molecule has 2 aromatic rings. The number of carbonyl (C=O) groups excluding carboxylic acids is 2. The predicted molar refractivity (Wildman–Crippen MR) is 105 cm³/mol. The highest BCUT2D eigenvalue weighted by Crippen LogP contribution is 2.16. The third-order valence-electron chi connectivity index (χ3n) is 4.25. The number of hydrogen-bond acceptors (Lipinski definition) is 2. The van der Waals surface area contributed by atoms with Crippen molar-refractivity contribution in [2.75, 3.05) is 7.05 Å². The summed E-state index contributed by atoms with van der Waals surface area (Å²) >= 11 is 6.09. The van der Waals surface area contributed by atoms with Crippen molar-refractivity contribution >= 4 is 23.4 Å². The molecule has 0 radical (unpaired) electrons. The molecule has 0 fully saturated rings. The Bertz CT molecular complexity index is 772. The highest BCUT2D eigenvalue weighted by molar-refractivity contribution is 6.33. The van der Waals surface area contributed by atoms with Crippen molar-refractivity contribution in [2.45, 2.75) is 33.4 Å². The van der Waals surface area contributed by atoms with Gasteiger partial charge in [-0.3, -0.25) is 9.59 Å². The lowest BCUT2D eigenvalue weighted by Gasteiger charge is -2.27. The Morgan fingerprint density at radius 1 is 1.08 bits per heavy atom. The average molecular weight is 373 g/mol. The topological polar surface area (TPSA) is 49.4 Å². The number of amides is 2. The number of hydrogen-bond donors (Lipinski definition) is 1. The van der Waals surface area contributed by atoms with Crippen LogP contribution in [0.4, 0.5) is 0 Å². The van der Waals surface area contributed by atoms with Gasteiger partial charge >= 0.3 is 0 Å². The molecule has 0 aromatic heterocycles. The summed E-state index contributed by atoms with van der Waals surface area (Å²) in [6, 6.07) is 14.3. The van der Waals surface area contributed by atoms with Crippen LogP contribution in [0.1, 0.15) is 35.3 Å². The molecule has 2 rings (SSSR count). The Labute approximate surface area is 160 Å². The lowest BCUT2D eigenvalue weighted by atomic mass is 10.0. The third kappa shape index (κ3) is 5.09. The smallest absolute Gasteiger partial charge is 0.253 e. The molecule has 5 heteroatoms. The zero-order valence-corrected chi connectivity index (χ0v) is 16.4. The van der Waals surface area contributed by atoms with E-state index in [-0.39, 0.29) is 17.7 Å². The molecule has 2 aromatic carbocycles. The first-order chi connectivity index (χ1) is 12.3. The number of carbonyl (C=O) groups is 2. The molecule has 0 aliphatic carbocycles. The van der Waals surface area contributed by atoms with Crippen LogP contribution in [0.15, 0.2) is 48.5 Å². The number of rotatable bonds is 6. The fourth-order valence-electron chi connectivity index (χ4n) is 2.66. The summed E-state index contributed by atoms with van der Waals surface area (Å²) in [7, 11) is 1.75. The van der Waals surface area contributed by atoms with E-state index in [2.05, 4.69) is 5.32 Å². The minimum absolute atomic E-state index is 0.0468. The van der Waals surface area contributed by atoms with E-state index < -0.39 is 6.04 Å². The molecule has 2 amide bonds. The lowest BCUT2D eigenvalue weighted by Crippen LogP contribution is -2.50. The molecule has 1 N–H and O–H groups in total. The maximum absolute atomic E-state index is 12.9. The highest BCUT2D eigenvalue weighted by Gasteiger charge is 2.27. The standard InChI is InChI=1S/C21H25ClN2O2/c1-14(2)19(23-20(25)17-7-5-6-8-18(17)22)21(26)24(4)13-16-11-9-15(3)10-12-16/h5-12,14,19H,13H2,1-4H3,(H,23,25)/t19-/m0/s1. The molecular weight excluding hydrogens is 348 g/mol. The summed E-state index contributed by atoms with van der Waals surface area (Å²) in [4.78, 5) is 27.1. The number of halogens is 1. The van der Waals surface area contributed by atoms with E-state index in [4.69, 9.17) is 11.6 Å². The van der Waals surface area contributed by atoms with E-state index in [1.165, 1.54) is 5.56 Å². The maximum Gasteiger partial charge on any atom is 0.253 e. The molecule has 0 aliphatic heterocycles. The second-order valence-corrected chi connectivity index (χ2v) is 7.26. The van der Waals surface area contributed by atoms with Gasteiger partial charge in [0.15, 0.2) is 0 Å². The summed E-state index contributed by atoms with van der Waals surface area (Å²) in [5, 5.41) is 3.20. The van der Waals surface area contributed by atoms with Crippen LogP contribution in [-0.4, -0.2) is 29.8 Å². The SMILES string of the molecule is Cc1ccc(CN(C)C(=O)[C@@H](NC(=O)c2ccccc2Cl)C(C)C)cc1. The number of nitrogens with one attached hydrogen (secondary N) is 1. The Morgan fingerprint density at radius 3 is 2.27 bits per heavy atom. The molecule has 138 valence electrons. The molecule has 1 atom stereocenters. The summed E-state index contributed by atoms with van der Waals surface area (Å²) in [5.74, 6) is -0.512. The van der Waals surface area contributed by atoms with Crippen LogP contribution >= 0.6 is 11.6 Å². The third-order valence-corrected chi connectivity index (χ3v) is 4.58. The minimum atomic E-state index is -0.616. The van der Waals surface area contributed by atoms with Gasteiger partial charge in [0.1, 0.15) is 6.04 Å². The number of aryl methyl sites for hydroxylation is 1. The van der Waals surface area contributed by atoms with Gasteiger partial charge in [0.25, 0.3) is 5.91 Å². The summed E-state index contributed by atoms with van der Waals surface area (Å²) in [5.41, 5.74) is 2.59. The zero-order chi connectivity index (χ0) is 19.3. The van der Waals surface area contributed by atoms with Gasteiger partial charge in [-0.25, -0.2) is 0 Å². The van der Waals surface area contributed by atoms with Gasteiger partial charge in [-0.05, 0) is 30.5 Å². The molecule has 0 spiro atoms. The molecule has 0 aliphatic rings. The van der Waals surface area contributed by atoms with Crippen LogP contribution in [0.2, 0.25) is 5.02 Å². The van der Waals surface area contributed by atoms with E-state index in [9.17, 15) is 9.59 Å². The predicted octanol–water partition coefficient (Wildman–Crippen LogP) is 4.06. The van der Waals surface area contributed by atoms with Gasteiger partial charge in [0.2, 0.25) is 5.91 Å². The van der Waals surface area contributed by atoms with Crippen LogP contribution in [0, 0.1) is 12.8 Å². The quantitative estimate of drug-likeness (QED) is 0.831. The van der Waals surface area contributed by atoms with Crippen LogP contribution in [0.3, 0.4) is 0 Å². The first-order valence-electron chi connectivity index (χ1n) is 8.65. The molecule has 0 bridgehead atoms. The summed E-state index contributed by atoms with van der Waals surface area (Å²) in [6.07, 6.45) is 0. The first-order valence-corrected chi connectivity index (χ1v) is 9.03. The summed E-state index contributed by atoms with van der Waals surface area (Å²) < 4.78 is 0. The van der Waals surface area contributed by atoms with Crippen LogP contribution in [0.25, 0.3) is 0 Å². The fourth-order valence-corrected chi connectivity index (χ4v) is 2.88. The van der Waals surface area contributed by atoms with E-state index >= 15 is 0 Å². The fraction of sp³-hybridized carbons (Fsp3) is 0.333. The second kappa shape index (κ2) is 8.86. The minimum Gasteiger partial charge on any atom is -0.340 e. The van der Waals surface area contributed by atoms with Gasteiger partial charge in [-0.2, -0.15) is 0 Å². The first kappa shape index (κ1) is 20.0. The Kier molecular flexibility index (Phi) is 6.81. The lowest BCUT2D eigenvalue weighted by molar-refractivity contribution is -0.133. The number of benzene rings is 2. The van der Waals surface area contributed by atoms with Crippen molar-refractivity contribution in [1.82, 2.24) is 10.2 Å². The van der Waals surface area contributed by atoms with E-state index in [1.807, 2.05) is 45.0 Å². The molecular formula is C21H25ClN2O2. The number of likely N-dealkylation sites (N-methyl/N-ethyl adjacent to an activating group) is 1. The average Bonchev–Trinajstić information content (AvgIpc) is 2.61. The van der Waals surface area contributed by atoms with Crippen molar-refractivity contribution in [3.8, 4) is 0 Å². The van der Waals surface area contributed by atoms with Crippen molar-refractivity contribution in [3.63, 3.8) is 0 Å². The van der Waals surface area contributed by atoms with Crippen molar-refractivity contribution < 1.29 is 9.59 Å². The molecule has 0 heterocycles. The van der Waals surface area contributed by atoms with Crippen LogP contribution in [-0.2, 0) is 11.3 Å². The highest BCUT2D eigenvalue weighted by atomic mass is 35.5. The second-order valence-electron chi connectivity index (χ2n) is 6.85. The Balaban J connectivity index is 2.10. The Hall–Kier alpha value is -2.33. The van der Waals surface area contributed by atoms with Gasteiger partial charge < -0.3 is 10.2 Å². The molecule has 0 unspecified atom stereocenters. The van der Waals surface area contributed by atoms with Crippen molar-refractivity contribution in [2.24, 2.45) is 5.92 Å². The molecule has 0 saturated carbocycles. The Morgan fingerprint density at radius 2 is 1.69 bits per heavy atom. The largest absolute Gasteiger partial charge is 0.340 e. The van der Waals surface area contributed by atoms with Gasteiger partial charge in [-0.1, -0.05) is 67.4 Å². The van der Waals surface area contributed by atoms with Gasteiger partial charge in [0, 0.05) is 13.6 Å². The van der Waals surface area contributed by atoms with Gasteiger partial charge in [0.05, 0.1) is 10.6 Å². The van der Waals surface area contributed by atoms with Crippen molar-refractivity contribution in [1.29, 1.82) is 0 Å².